The second-order valence-electron chi connectivity index (χ2n) is 2.36. The summed E-state index contributed by atoms with van der Waals surface area (Å²) >= 11 is 0. The van der Waals surface area contributed by atoms with E-state index in [1.54, 1.807) is 13.2 Å². The summed E-state index contributed by atoms with van der Waals surface area (Å²) < 4.78 is 5.04. The highest BCUT2D eigenvalue weighted by Crippen LogP contribution is 2.13. The van der Waals surface area contributed by atoms with Crippen LogP contribution in [0.4, 0.5) is 0 Å². The Hall–Kier alpha value is -1.28. The van der Waals surface area contributed by atoms with Crippen LogP contribution < -0.4 is 4.74 Å². The molecule has 0 spiro atoms. The van der Waals surface area contributed by atoms with Crippen LogP contribution in [-0.4, -0.2) is 18.8 Å². The van der Waals surface area contributed by atoms with Gasteiger partial charge in [0.2, 0.25) is 0 Å². The van der Waals surface area contributed by atoms with Crippen LogP contribution in [0, 0.1) is 0 Å². The molecule has 0 aromatic heterocycles. The Labute approximate surface area is 72.1 Å². The van der Waals surface area contributed by atoms with Gasteiger partial charge in [0.15, 0.2) is 0 Å². The molecule has 12 heavy (non-hydrogen) atoms. The summed E-state index contributed by atoms with van der Waals surface area (Å²) in [5.74, 6) is 0.829. The topological polar surface area (TPSA) is 29.5 Å². The Kier molecular flexibility index (Phi) is 3.35. The molecule has 2 nitrogen and oxygen atoms in total. The molecule has 0 radical (unpaired) electrons. The van der Waals surface area contributed by atoms with Crippen molar-refractivity contribution >= 4 is 6.08 Å². The van der Waals surface area contributed by atoms with E-state index < -0.39 is 0 Å². The number of aliphatic hydroxyl groups is 1. The summed E-state index contributed by atoms with van der Waals surface area (Å²) in [4.78, 5) is 0. The number of aliphatic hydroxyl groups excluding tert-OH is 1. The fraction of sp³-hybridized carbons (Fsp3) is 0.200. The van der Waals surface area contributed by atoms with Crippen molar-refractivity contribution in [2.24, 2.45) is 0 Å². The molecule has 1 aromatic rings. The maximum atomic E-state index is 8.54. The summed E-state index contributed by atoms with van der Waals surface area (Å²) in [7, 11) is 1.63. The van der Waals surface area contributed by atoms with Gasteiger partial charge in [0.1, 0.15) is 5.75 Å². The van der Waals surface area contributed by atoms with Crippen LogP contribution in [0.2, 0.25) is 0 Å². The van der Waals surface area contributed by atoms with Crippen LogP contribution in [0.1, 0.15) is 5.56 Å². The van der Waals surface area contributed by atoms with Gasteiger partial charge in [0.25, 0.3) is 0 Å². The first-order valence-corrected chi connectivity index (χ1v) is 3.78. The smallest absolute Gasteiger partial charge is 0.119 e. The van der Waals surface area contributed by atoms with Gasteiger partial charge in [-0.25, -0.2) is 0 Å². The summed E-state index contributed by atoms with van der Waals surface area (Å²) in [5.41, 5.74) is 1.03. The van der Waals surface area contributed by atoms with Crippen molar-refractivity contribution in [1.29, 1.82) is 0 Å². The van der Waals surface area contributed by atoms with E-state index in [0.717, 1.165) is 11.3 Å². The van der Waals surface area contributed by atoms with Crippen LogP contribution in [-0.2, 0) is 0 Å². The fourth-order valence-corrected chi connectivity index (χ4v) is 0.934. The van der Waals surface area contributed by atoms with Crippen molar-refractivity contribution in [2.75, 3.05) is 13.7 Å². The minimum Gasteiger partial charge on any atom is -0.497 e. The summed E-state index contributed by atoms with van der Waals surface area (Å²) in [6.45, 7) is 0.0667. The zero-order valence-corrected chi connectivity index (χ0v) is 7.03. The summed E-state index contributed by atoms with van der Waals surface area (Å²) in [6.07, 6.45) is 3.54. The van der Waals surface area contributed by atoms with Gasteiger partial charge < -0.3 is 9.84 Å². The first-order chi connectivity index (χ1) is 5.86. The Morgan fingerprint density at radius 2 is 2.33 bits per heavy atom. The van der Waals surface area contributed by atoms with E-state index in [0.29, 0.717) is 0 Å². The molecular formula is C10H12O2. The number of ether oxygens (including phenoxy) is 1. The predicted molar refractivity (Wildman–Crippen MR) is 49.1 cm³/mol. The predicted octanol–water partition coefficient (Wildman–Crippen LogP) is 1.70. The van der Waals surface area contributed by atoms with Gasteiger partial charge in [-0.2, -0.15) is 0 Å². The SMILES string of the molecule is COc1cccc(/C=C\CO)c1. The van der Waals surface area contributed by atoms with E-state index in [1.807, 2.05) is 30.3 Å². The standard InChI is InChI=1S/C10H12O2/c1-12-10-6-2-4-9(8-10)5-3-7-11/h2-6,8,11H,7H2,1H3/b5-3-. The fourth-order valence-electron chi connectivity index (χ4n) is 0.934. The molecule has 0 aliphatic carbocycles. The quantitative estimate of drug-likeness (QED) is 0.736. The van der Waals surface area contributed by atoms with Crippen molar-refractivity contribution < 1.29 is 9.84 Å². The van der Waals surface area contributed by atoms with Crippen molar-refractivity contribution in [1.82, 2.24) is 0 Å². The zero-order chi connectivity index (χ0) is 8.81. The highest BCUT2D eigenvalue weighted by atomic mass is 16.5. The van der Waals surface area contributed by atoms with Gasteiger partial charge >= 0.3 is 0 Å². The minimum absolute atomic E-state index is 0.0667. The molecule has 2 heteroatoms. The van der Waals surface area contributed by atoms with Gasteiger partial charge in [-0.1, -0.05) is 24.3 Å². The molecular weight excluding hydrogens is 152 g/mol. The molecule has 0 aliphatic heterocycles. The molecule has 0 unspecified atom stereocenters. The molecule has 0 aliphatic rings. The number of rotatable bonds is 3. The van der Waals surface area contributed by atoms with E-state index >= 15 is 0 Å². The lowest BCUT2D eigenvalue weighted by molar-refractivity contribution is 0.343. The number of hydrogen-bond acceptors (Lipinski definition) is 2. The van der Waals surface area contributed by atoms with E-state index in [2.05, 4.69) is 0 Å². The lowest BCUT2D eigenvalue weighted by Crippen LogP contribution is -1.82. The lowest BCUT2D eigenvalue weighted by Gasteiger charge is -1.99. The van der Waals surface area contributed by atoms with Crippen LogP contribution in [0.25, 0.3) is 6.08 Å². The third-order valence-corrected chi connectivity index (χ3v) is 1.51. The highest BCUT2D eigenvalue weighted by molar-refractivity contribution is 5.51. The molecule has 0 saturated carbocycles. The van der Waals surface area contributed by atoms with Gasteiger partial charge in [-0.15, -0.1) is 0 Å². The first kappa shape index (κ1) is 8.81. The largest absolute Gasteiger partial charge is 0.497 e. The van der Waals surface area contributed by atoms with E-state index in [9.17, 15) is 0 Å². The second-order valence-corrected chi connectivity index (χ2v) is 2.36. The maximum Gasteiger partial charge on any atom is 0.119 e. The average Bonchev–Trinajstić information content (AvgIpc) is 2.15. The van der Waals surface area contributed by atoms with Crippen LogP contribution in [0.15, 0.2) is 30.3 Å². The first-order valence-electron chi connectivity index (χ1n) is 3.78. The molecule has 0 amide bonds. The maximum absolute atomic E-state index is 8.54. The molecule has 1 aromatic carbocycles. The van der Waals surface area contributed by atoms with Crippen LogP contribution >= 0.6 is 0 Å². The monoisotopic (exact) mass is 164 g/mol. The Bertz CT molecular complexity index is 266. The normalized spacial score (nSPS) is 10.5. The second kappa shape index (κ2) is 4.57. The molecule has 1 rings (SSSR count). The third kappa shape index (κ3) is 2.40. The van der Waals surface area contributed by atoms with Gasteiger partial charge in [0, 0.05) is 0 Å². The van der Waals surface area contributed by atoms with Crippen molar-refractivity contribution in [2.45, 2.75) is 0 Å². The Morgan fingerprint density at radius 3 is 3.00 bits per heavy atom. The van der Waals surface area contributed by atoms with Gasteiger partial charge in [-0.3, -0.25) is 0 Å². The van der Waals surface area contributed by atoms with E-state index in [1.165, 1.54) is 0 Å². The van der Waals surface area contributed by atoms with Crippen LogP contribution in [0.5, 0.6) is 5.75 Å². The van der Waals surface area contributed by atoms with E-state index in [-0.39, 0.29) is 6.61 Å². The van der Waals surface area contributed by atoms with E-state index in [4.69, 9.17) is 9.84 Å². The molecule has 0 bridgehead atoms. The summed E-state index contributed by atoms with van der Waals surface area (Å²) in [6, 6.07) is 7.66. The molecule has 1 N–H and O–H groups in total. The lowest BCUT2D eigenvalue weighted by atomic mass is 10.2. The van der Waals surface area contributed by atoms with Crippen LogP contribution in [0.3, 0.4) is 0 Å². The van der Waals surface area contributed by atoms with Crippen molar-refractivity contribution in [3.63, 3.8) is 0 Å². The van der Waals surface area contributed by atoms with Crippen molar-refractivity contribution in [3.05, 3.63) is 35.9 Å². The molecule has 0 saturated heterocycles. The summed E-state index contributed by atoms with van der Waals surface area (Å²) in [5, 5.41) is 8.54. The molecule has 64 valence electrons. The number of methoxy groups -OCH3 is 1. The third-order valence-electron chi connectivity index (χ3n) is 1.51. The van der Waals surface area contributed by atoms with Gasteiger partial charge in [0.05, 0.1) is 13.7 Å². The molecule has 0 fully saturated rings. The number of benzene rings is 1. The average molecular weight is 164 g/mol. The molecule has 0 atom stereocenters. The van der Waals surface area contributed by atoms with Crippen molar-refractivity contribution in [3.8, 4) is 5.75 Å². The Balaban J connectivity index is 2.79. The zero-order valence-electron chi connectivity index (χ0n) is 7.03. The number of hydrogen-bond donors (Lipinski definition) is 1. The highest BCUT2D eigenvalue weighted by Gasteiger charge is 1.89. The Morgan fingerprint density at radius 1 is 1.50 bits per heavy atom. The molecule has 0 heterocycles. The van der Waals surface area contributed by atoms with Gasteiger partial charge in [-0.05, 0) is 17.7 Å². The minimum atomic E-state index is 0.0667.